The quantitative estimate of drug-likeness (QED) is 0.837. The van der Waals surface area contributed by atoms with Crippen LogP contribution in [0.2, 0.25) is 0 Å². The van der Waals surface area contributed by atoms with Gasteiger partial charge in [-0.1, -0.05) is 11.6 Å². The van der Waals surface area contributed by atoms with Gasteiger partial charge in [0.1, 0.15) is 5.82 Å². The number of aryl methyl sites for hydroxylation is 1. The minimum atomic E-state index is -0.474. The lowest BCUT2D eigenvalue weighted by Crippen LogP contribution is -2.42. The van der Waals surface area contributed by atoms with Gasteiger partial charge in [-0.3, -0.25) is 4.79 Å². The van der Waals surface area contributed by atoms with Crippen LogP contribution in [0.25, 0.3) is 0 Å². The Kier molecular flexibility index (Phi) is 3.43. The van der Waals surface area contributed by atoms with Crippen LogP contribution in [0, 0.1) is 18.7 Å². The molecular formula is C13H17FN2O. The average molecular weight is 236 g/mol. The molecule has 1 aliphatic rings. The molecule has 1 saturated carbocycles. The van der Waals surface area contributed by atoms with Crippen LogP contribution in [-0.2, 0) is 0 Å². The third kappa shape index (κ3) is 2.82. The van der Waals surface area contributed by atoms with E-state index in [9.17, 15) is 9.18 Å². The number of nitrogens with two attached hydrogens (primary N) is 1. The van der Waals surface area contributed by atoms with Crippen LogP contribution < -0.4 is 11.1 Å². The molecule has 0 unspecified atom stereocenters. The minimum Gasteiger partial charge on any atom is -0.352 e. The van der Waals surface area contributed by atoms with Crippen molar-refractivity contribution >= 4 is 5.91 Å². The van der Waals surface area contributed by atoms with Gasteiger partial charge in [-0.05, 0) is 37.8 Å². The highest BCUT2D eigenvalue weighted by atomic mass is 19.1. The van der Waals surface area contributed by atoms with Gasteiger partial charge in [-0.2, -0.15) is 0 Å². The third-order valence-corrected chi connectivity index (χ3v) is 3.19. The summed E-state index contributed by atoms with van der Waals surface area (Å²) in [5.74, 6) is -0.369. The fraction of sp³-hybridized carbons (Fsp3) is 0.462. The summed E-state index contributed by atoms with van der Waals surface area (Å²) >= 11 is 0. The maximum atomic E-state index is 13.4. The predicted octanol–water partition coefficient (Wildman–Crippen LogP) is 1.60. The highest BCUT2D eigenvalue weighted by Crippen LogP contribution is 2.24. The Bertz CT molecular complexity index is 427. The molecule has 0 saturated heterocycles. The second-order valence-corrected chi connectivity index (χ2v) is 4.79. The SMILES string of the molecule is Cc1ccc(F)c(C(=O)NCC2CC(N)C2)c1. The molecule has 0 bridgehead atoms. The molecule has 3 N–H and O–H groups in total. The molecule has 0 atom stereocenters. The number of nitrogens with one attached hydrogen (secondary N) is 1. The lowest BCUT2D eigenvalue weighted by molar-refractivity contribution is 0.0931. The zero-order valence-electron chi connectivity index (χ0n) is 9.87. The van der Waals surface area contributed by atoms with Gasteiger partial charge in [0, 0.05) is 12.6 Å². The maximum absolute atomic E-state index is 13.4. The molecular weight excluding hydrogens is 219 g/mol. The summed E-state index contributed by atoms with van der Waals surface area (Å²) in [7, 11) is 0. The summed E-state index contributed by atoms with van der Waals surface area (Å²) in [6.07, 6.45) is 1.88. The number of carbonyl (C=O) groups excluding carboxylic acids is 1. The zero-order valence-corrected chi connectivity index (χ0v) is 9.87. The van der Waals surface area contributed by atoms with Crippen molar-refractivity contribution in [1.29, 1.82) is 0 Å². The molecule has 92 valence electrons. The number of benzene rings is 1. The predicted molar refractivity (Wildman–Crippen MR) is 64.2 cm³/mol. The van der Waals surface area contributed by atoms with Crippen molar-refractivity contribution in [2.24, 2.45) is 11.7 Å². The van der Waals surface area contributed by atoms with Crippen LogP contribution in [0.4, 0.5) is 4.39 Å². The number of amides is 1. The van der Waals surface area contributed by atoms with E-state index in [1.54, 1.807) is 12.1 Å². The first-order valence-electron chi connectivity index (χ1n) is 5.86. The lowest BCUT2D eigenvalue weighted by atomic mass is 9.81. The molecule has 0 radical (unpaired) electrons. The zero-order chi connectivity index (χ0) is 12.4. The number of hydrogen-bond donors (Lipinski definition) is 2. The number of carbonyl (C=O) groups is 1. The van der Waals surface area contributed by atoms with E-state index in [4.69, 9.17) is 5.73 Å². The van der Waals surface area contributed by atoms with Crippen LogP contribution in [-0.4, -0.2) is 18.5 Å². The first-order valence-corrected chi connectivity index (χ1v) is 5.86. The summed E-state index contributed by atoms with van der Waals surface area (Å²) in [6.45, 7) is 2.42. The van der Waals surface area contributed by atoms with Crippen molar-refractivity contribution in [3.05, 3.63) is 35.1 Å². The van der Waals surface area contributed by atoms with Crippen molar-refractivity contribution in [1.82, 2.24) is 5.32 Å². The van der Waals surface area contributed by atoms with Crippen LogP contribution in [0.15, 0.2) is 18.2 Å². The summed E-state index contributed by atoms with van der Waals surface area (Å²) in [5.41, 5.74) is 6.65. The van der Waals surface area contributed by atoms with E-state index in [1.165, 1.54) is 6.07 Å². The van der Waals surface area contributed by atoms with Crippen molar-refractivity contribution < 1.29 is 9.18 Å². The molecule has 1 aromatic carbocycles. The molecule has 1 aromatic rings. The first kappa shape index (κ1) is 12.0. The van der Waals surface area contributed by atoms with Crippen LogP contribution in [0.3, 0.4) is 0 Å². The highest BCUT2D eigenvalue weighted by Gasteiger charge is 2.26. The number of hydrogen-bond acceptors (Lipinski definition) is 2. The molecule has 3 nitrogen and oxygen atoms in total. The molecule has 0 aliphatic heterocycles. The summed E-state index contributed by atoms with van der Waals surface area (Å²) < 4.78 is 13.4. The van der Waals surface area contributed by atoms with Gasteiger partial charge in [0.05, 0.1) is 5.56 Å². The Morgan fingerprint density at radius 2 is 2.24 bits per heavy atom. The monoisotopic (exact) mass is 236 g/mol. The van der Waals surface area contributed by atoms with Gasteiger partial charge in [-0.15, -0.1) is 0 Å². The maximum Gasteiger partial charge on any atom is 0.254 e. The van der Waals surface area contributed by atoms with Gasteiger partial charge in [-0.25, -0.2) is 4.39 Å². The Morgan fingerprint density at radius 1 is 1.53 bits per heavy atom. The first-order chi connectivity index (χ1) is 8.06. The van der Waals surface area contributed by atoms with Crippen LogP contribution in [0.1, 0.15) is 28.8 Å². The van der Waals surface area contributed by atoms with Gasteiger partial charge in [0.2, 0.25) is 0 Å². The van der Waals surface area contributed by atoms with E-state index >= 15 is 0 Å². The van der Waals surface area contributed by atoms with Crippen LogP contribution in [0.5, 0.6) is 0 Å². The van der Waals surface area contributed by atoms with E-state index in [1.807, 2.05) is 6.92 Å². The van der Waals surface area contributed by atoms with E-state index in [-0.39, 0.29) is 17.5 Å². The lowest BCUT2D eigenvalue weighted by Gasteiger charge is -2.32. The second kappa shape index (κ2) is 4.84. The topological polar surface area (TPSA) is 55.1 Å². The summed E-state index contributed by atoms with van der Waals surface area (Å²) in [6, 6.07) is 4.81. The van der Waals surface area contributed by atoms with Gasteiger partial charge < -0.3 is 11.1 Å². The minimum absolute atomic E-state index is 0.119. The highest BCUT2D eigenvalue weighted by molar-refractivity contribution is 5.94. The van der Waals surface area contributed by atoms with E-state index in [0.29, 0.717) is 12.5 Å². The van der Waals surface area contributed by atoms with Crippen molar-refractivity contribution in [2.75, 3.05) is 6.54 Å². The number of rotatable bonds is 3. The summed E-state index contributed by atoms with van der Waals surface area (Å²) in [5, 5.41) is 2.76. The fourth-order valence-electron chi connectivity index (χ4n) is 2.10. The molecule has 0 spiro atoms. The van der Waals surface area contributed by atoms with Gasteiger partial charge in [0.15, 0.2) is 0 Å². The molecule has 0 aromatic heterocycles. The normalized spacial score (nSPS) is 23.0. The molecule has 1 amide bonds. The van der Waals surface area contributed by atoms with Crippen molar-refractivity contribution in [2.45, 2.75) is 25.8 Å². The molecule has 1 fully saturated rings. The average Bonchev–Trinajstić information content (AvgIpc) is 2.26. The summed E-state index contributed by atoms with van der Waals surface area (Å²) in [4.78, 5) is 11.8. The Hall–Kier alpha value is -1.42. The Balaban J connectivity index is 1.92. The second-order valence-electron chi connectivity index (χ2n) is 4.79. The van der Waals surface area contributed by atoms with Crippen molar-refractivity contribution in [3.63, 3.8) is 0 Å². The van der Waals surface area contributed by atoms with E-state index in [0.717, 1.165) is 18.4 Å². The Labute approximate surface area is 100 Å². The van der Waals surface area contributed by atoms with Crippen LogP contribution >= 0.6 is 0 Å². The standard InChI is InChI=1S/C13H17FN2O/c1-8-2-3-12(14)11(4-8)13(17)16-7-9-5-10(15)6-9/h2-4,9-10H,5-7,15H2,1H3,(H,16,17). The fourth-order valence-corrected chi connectivity index (χ4v) is 2.10. The van der Waals surface area contributed by atoms with E-state index < -0.39 is 5.82 Å². The molecule has 4 heteroatoms. The number of halogens is 1. The molecule has 1 aliphatic carbocycles. The van der Waals surface area contributed by atoms with Gasteiger partial charge >= 0.3 is 0 Å². The largest absolute Gasteiger partial charge is 0.352 e. The molecule has 17 heavy (non-hydrogen) atoms. The molecule has 0 heterocycles. The molecule has 2 rings (SSSR count). The van der Waals surface area contributed by atoms with Crippen molar-refractivity contribution in [3.8, 4) is 0 Å². The van der Waals surface area contributed by atoms with E-state index in [2.05, 4.69) is 5.32 Å². The Morgan fingerprint density at radius 3 is 2.88 bits per heavy atom. The third-order valence-electron chi connectivity index (χ3n) is 3.19. The van der Waals surface area contributed by atoms with Gasteiger partial charge in [0.25, 0.3) is 5.91 Å². The smallest absolute Gasteiger partial charge is 0.254 e.